The number of ketones is 1. The molecule has 0 fully saturated rings. The van der Waals surface area contributed by atoms with Crippen molar-refractivity contribution in [3.8, 4) is 0 Å². The molecule has 0 amide bonds. The Bertz CT molecular complexity index is 373. The maximum Gasteiger partial charge on any atom is 0.328 e. The fraction of sp³-hybridized carbons (Fsp3) is 0.692. The second-order valence-electron chi connectivity index (χ2n) is 4.69. The first-order valence-electron chi connectivity index (χ1n) is 5.84. The number of esters is 1. The van der Waals surface area contributed by atoms with E-state index in [0.717, 1.165) is 11.1 Å². The molecular weight excluding hydrogens is 240 g/mol. The molecule has 0 aromatic carbocycles. The Kier molecular flexibility index (Phi) is 4.36. The molecule has 0 bridgehead atoms. The third kappa shape index (κ3) is 2.71. The second-order valence-corrected chi connectivity index (χ2v) is 5.36. The van der Waals surface area contributed by atoms with Gasteiger partial charge in [0, 0.05) is 0 Å². The summed E-state index contributed by atoms with van der Waals surface area (Å²) in [5.74, 6) is -1.01. The van der Waals surface area contributed by atoms with Gasteiger partial charge in [0.1, 0.15) is 5.78 Å². The Morgan fingerprint density at radius 3 is 2.47 bits per heavy atom. The standard InChI is InChI=1S/C13H19ClO3/c1-5-17-12(16)13(14)7-9(3)8(2)6-11(13)10(4)15/h11H,5-7H2,1-4H3. The van der Waals surface area contributed by atoms with Crippen molar-refractivity contribution in [1.29, 1.82) is 0 Å². The van der Waals surface area contributed by atoms with Crippen LogP contribution in [0.15, 0.2) is 11.1 Å². The molecular formula is C13H19ClO3. The monoisotopic (exact) mass is 258 g/mol. The van der Waals surface area contributed by atoms with Gasteiger partial charge in [-0.1, -0.05) is 11.1 Å². The molecule has 1 rings (SSSR count). The van der Waals surface area contributed by atoms with Gasteiger partial charge in [0.05, 0.1) is 12.5 Å². The van der Waals surface area contributed by atoms with Gasteiger partial charge in [-0.25, -0.2) is 0 Å². The summed E-state index contributed by atoms with van der Waals surface area (Å²) in [5, 5.41) is 0. The number of halogens is 1. The summed E-state index contributed by atoms with van der Waals surface area (Å²) in [7, 11) is 0. The largest absolute Gasteiger partial charge is 0.465 e. The molecule has 0 aromatic rings. The molecule has 2 atom stereocenters. The summed E-state index contributed by atoms with van der Waals surface area (Å²) in [4.78, 5) is 22.4. The van der Waals surface area contributed by atoms with Gasteiger partial charge in [0.2, 0.25) is 0 Å². The molecule has 3 nitrogen and oxygen atoms in total. The van der Waals surface area contributed by atoms with Crippen molar-refractivity contribution < 1.29 is 14.3 Å². The molecule has 0 N–H and O–H groups in total. The summed E-state index contributed by atoms with van der Waals surface area (Å²) >= 11 is 6.40. The number of rotatable bonds is 3. The highest BCUT2D eigenvalue weighted by Gasteiger charge is 2.49. The lowest BCUT2D eigenvalue weighted by molar-refractivity contribution is -0.150. The minimum atomic E-state index is -1.22. The third-order valence-corrected chi connectivity index (χ3v) is 3.97. The van der Waals surface area contributed by atoms with Gasteiger partial charge in [-0.3, -0.25) is 9.59 Å². The van der Waals surface area contributed by atoms with Gasteiger partial charge in [-0.05, 0) is 40.5 Å². The van der Waals surface area contributed by atoms with Crippen LogP contribution in [0, 0.1) is 5.92 Å². The van der Waals surface area contributed by atoms with Gasteiger partial charge in [-0.2, -0.15) is 0 Å². The van der Waals surface area contributed by atoms with Crippen molar-refractivity contribution >= 4 is 23.4 Å². The SMILES string of the molecule is CCOC(=O)C1(Cl)CC(C)=C(C)CC1C(C)=O. The van der Waals surface area contributed by atoms with Gasteiger partial charge in [-0.15, -0.1) is 11.6 Å². The van der Waals surface area contributed by atoms with E-state index in [1.165, 1.54) is 6.92 Å². The minimum absolute atomic E-state index is 0.0556. The number of ether oxygens (including phenoxy) is 1. The predicted octanol–water partition coefficient (Wildman–Crippen LogP) is 2.86. The molecule has 4 heteroatoms. The van der Waals surface area contributed by atoms with Crippen LogP contribution in [-0.2, 0) is 14.3 Å². The Balaban J connectivity index is 3.10. The number of hydrogen-bond acceptors (Lipinski definition) is 3. The van der Waals surface area contributed by atoms with Crippen LogP contribution in [-0.4, -0.2) is 23.2 Å². The molecule has 0 spiro atoms. The molecule has 2 unspecified atom stereocenters. The number of Topliss-reactive ketones (excluding diaryl/α,β-unsaturated/α-hetero) is 1. The number of alkyl halides is 1. The number of hydrogen-bond donors (Lipinski definition) is 0. The van der Waals surface area contributed by atoms with E-state index in [0.29, 0.717) is 12.8 Å². The van der Waals surface area contributed by atoms with Crippen LogP contribution in [0.25, 0.3) is 0 Å². The fourth-order valence-corrected chi connectivity index (χ4v) is 2.72. The zero-order chi connectivity index (χ0) is 13.2. The zero-order valence-corrected chi connectivity index (χ0v) is 11.6. The normalized spacial score (nSPS) is 29.1. The first-order chi connectivity index (χ1) is 7.82. The highest BCUT2D eigenvalue weighted by molar-refractivity contribution is 6.36. The Morgan fingerprint density at radius 2 is 2.00 bits per heavy atom. The highest BCUT2D eigenvalue weighted by Crippen LogP contribution is 2.43. The fourth-order valence-electron chi connectivity index (χ4n) is 2.23. The van der Waals surface area contributed by atoms with Crippen molar-refractivity contribution in [3.63, 3.8) is 0 Å². The van der Waals surface area contributed by atoms with E-state index >= 15 is 0 Å². The van der Waals surface area contributed by atoms with Crippen LogP contribution >= 0.6 is 11.6 Å². The van der Waals surface area contributed by atoms with Crippen molar-refractivity contribution in [2.45, 2.75) is 45.4 Å². The van der Waals surface area contributed by atoms with Gasteiger partial charge in [0.25, 0.3) is 0 Å². The summed E-state index contributed by atoms with van der Waals surface area (Å²) in [5.41, 5.74) is 2.22. The van der Waals surface area contributed by atoms with Crippen LogP contribution in [0.2, 0.25) is 0 Å². The van der Waals surface area contributed by atoms with Crippen molar-refractivity contribution in [2.75, 3.05) is 6.61 Å². The summed E-state index contributed by atoms with van der Waals surface area (Å²) < 4.78 is 5.00. The molecule has 17 heavy (non-hydrogen) atoms. The smallest absolute Gasteiger partial charge is 0.328 e. The van der Waals surface area contributed by atoms with Crippen molar-refractivity contribution in [2.24, 2.45) is 5.92 Å². The van der Waals surface area contributed by atoms with Crippen LogP contribution in [0.1, 0.15) is 40.5 Å². The van der Waals surface area contributed by atoms with E-state index in [1.807, 2.05) is 13.8 Å². The second kappa shape index (κ2) is 5.21. The summed E-state index contributed by atoms with van der Waals surface area (Å²) in [6, 6.07) is 0. The van der Waals surface area contributed by atoms with Gasteiger partial charge < -0.3 is 4.74 Å². The molecule has 1 aliphatic rings. The average molecular weight is 259 g/mol. The van der Waals surface area contributed by atoms with E-state index in [9.17, 15) is 9.59 Å². The molecule has 0 saturated heterocycles. The van der Waals surface area contributed by atoms with Gasteiger partial charge >= 0.3 is 5.97 Å². The first-order valence-corrected chi connectivity index (χ1v) is 6.22. The Labute approximate surface area is 107 Å². The third-order valence-electron chi connectivity index (χ3n) is 3.42. The minimum Gasteiger partial charge on any atom is -0.465 e. The van der Waals surface area contributed by atoms with Crippen LogP contribution < -0.4 is 0 Å². The number of carbonyl (C=O) groups excluding carboxylic acids is 2. The van der Waals surface area contributed by atoms with E-state index in [2.05, 4.69) is 0 Å². The topological polar surface area (TPSA) is 43.4 Å². The van der Waals surface area contributed by atoms with Crippen molar-refractivity contribution in [1.82, 2.24) is 0 Å². The molecule has 0 aromatic heterocycles. The van der Waals surface area contributed by atoms with Crippen LogP contribution in [0.4, 0.5) is 0 Å². The number of allylic oxidation sites excluding steroid dienone is 2. The molecule has 0 saturated carbocycles. The lowest BCUT2D eigenvalue weighted by Crippen LogP contribution is -2.47. The molecule has 0 heterocycles. The van der Waals surface area contributed by atoms with E-state index < -0.39 is 16.8 Å². The maximum atomic E-state index is 12.0. The maximum absolute atomic E-state index is 12.0. The van der Waals surface area contributed by atoms with Crippen molar-refractivity contribution in [3.05, 3.63) is 11.1 Å². The van der Waals surface area contributed by atoms with E-state index in [-0.39, 0.29) is 12.4 Å². The van der Waals surface area contributed by atoms with Crippen LogP contribution in [0.3, 0.4) is 0 Å². The lowest BCUT2D eigenvalue weighted by Gasteiger charge is -2.36. The van der Waals surface area contributed by atoms with Crippen LogP contribution in [0.5, 0.6) is 0 Å². The Morgan fingerprint density at radius 1 is 1.41 bits per heavy atom. The molecule has 0 aliphatic heterocycles. The van der Waals surface area contributed by atoms with E-state index in [4.69, 9.17) is 16.3 Å². The molecule has 96 valence electrons. The highest BCUT2D eigenvalue weighted by atomic mass is 35.5. The molecule has 0 radical (unpaired) electrons. The van der Waals surface area contributed by atoms with Gasteiger partial charge in [0.15, 0.2) is 4.87 Å². The summed E-state index contributed by atoms with van der Waals surface area (Å²) in [6.45, 7) is 7.42. The first kappa shape index (κ1) is 14.2. The average Bonchev–Trinajstić information content (AvgIpc) is 2.23. The molecule has 1 aliphatic carbocycles. The lowest BCUT2D eigenvalue weighted by atomic mass is 9.74. The Hall–Kier alpha value is -0.830. The predicted molar refractivity (Wildman–Crippen MR) is 67.0 cm³/mol. The quantitative estimate of drug-likeness (QED) is 0.444. The van der Waals surface area contributed by atoms with E-state index in [1.54, 1.807) is 6.92 Å². The summed E-state index contributed by atoms with van der Waals surface area (Å²) in [6.07, 6.45) is 0.937. The zero-order valence-electron chi connectivity index (χ0n) is 10.8. The number of carbonyl (C=O) groups is 2.